The van der Waals surface area contributed by atoms with Gasteiger partial charge in [0.05, 0.1) is 6.04 Å². The Morgan fingerprint density at radius 1 is 0.950 bits per heavy atom. The minimum Gasteiger partial charge on any atom is -0.314 e. The molecule has 1 fully saturated rings. The Bertz CT molecular complexity index is 574. The van der Waals surface area contributed by atoms with Gasteiger partial charge in [-0.15, -0.1) is 0 Å². The molecular weight excluding hydrogens is 258 g/mol. The summed E-state index contributed by atoms with van der Waals surface area (Å²) in [5.41, 5.74) is 0.736. The lowest BCUT2D eigenvalue weighted by Gasteiger charge is -2.35. The van der Waals surface area contributed by atoms with Crippen molar-refractivity contribution in [3.63, 3.8) is 0 Å². The van der Waals surface area contributed by atoms with Crippen LogP contribution in [0.15, 0.2) is 42.5 Å². The first-order valence-electron chi connectivity index (χ1n) is 6.98. The third-order valence-corrected chi connectivity index (χ3v) is 3.93. The monoisotopic (exact) mass is 276 g/mol. The summed E-state index contributed by atoms with van der Waals surface area (Å²) in [5, 5.41) is 5.16. The predicted octanol–water partition coefficient (Wildman–Crippen LogP) is 3.05. The van der Waals surface area contributed by atoms with Crippen LogP contribution >= 0.6 is 0 Å². The zero-order valence-corrected chi connectivity index (χ0v) is 11.2. The normalized spacial score (nSPS) is 18.6. The molecule has 0 unspecified atom stereocenters. The van der Waals surface area contributed by atoms with E-state index in [1.165, 1.54) is 0 Å². The second-order valence-electron chi connectivity index (χ2n) is 5.13. The van der Waals surface area contributed by atoms with Gasteiger partial charge in [-0.1, -0.05) is 42.5 Å². The molecule has 3 rings (SSSR count). The number of hydrogen-bond donors (Lipinski definition) is 1. The molecule has 0 aromatic heterocycles. The second kappa shape index (κ2) is 5.85. The summed E-state index contributed by atoms with van der Waals surface area (Å²) >= 11 is 0. The molecule has 20 heavy (non-hydrogen) atoms. The van der Waals surface area contributed by atoms with Crippen LogP contribution in [0.4, 0.5) is 8.78 Å². The van der Waals surface area contributed by atoms with Crippen LogP contribution in [0.1, 0.15) is 11.6 Å². The van der Waals surface area contributed by atoms with Crippen molar-refractivity contribution in [1.82, 2.24) is 10.2 Å². The standard InChI is InChI=1S/C16H18F2N2/c17-16(18)15(20-10-8-19-9-11-20)14-7-3-5-12-4-1-2-6-13(12)14/h1-7,15-16,19H,8-11H2/t15-/m0/s1. The largest absolute Gasteiger partial charge is 0.314 e. The number of nitrogens with zero attached hydrogens (tertiary/aromatic N) is 1. The van der Waals surface area contributed by atoms with E-state index in [-0.39, 0.29) is 0 Å². The van der Waals surface area contributed by atoms with Crippen molar-refractivity contribution in [1.29, 1.82) is 0 Å². The number of fused-ring (bicyclic) bond motifs is 1. The lowest BCUT2D eigenvalue weighted by atomic mass is 9.97. The van der Waals surface area contributed by atoms with Crippen molar-refractivity contribution in [2.24, 2.45) is 0 Å². The number of halogens is 2. The van der Waals surface area contributed by atoms with Crippen LogP contribution in [0, 0.1) is 0 Å². The molecular formula is C16H18F2N2. The Morgan fingerprint density at radius 2 is 1.65 bits per heavy atom. The summed E-state index contributed by atoms with van der Waals surface area (Å²) in [6.45, 7) is 2.87. The molecule has 0 amide bonds. The van der Waals surface area contributed by atoms with Gasteiger partial charge in [0.1, 0.15) is 0 Å². The van der Waals surface area contributed by atoms with Gasteiger partial charge in [0.2, 0.25) is 0 Å². The van der Waals surface area contributed by atoms with Gasteiger partial charge < -0.3 is 5.32 Å². The Labute approximate surface area is 117 Å². The molecule has 0 spiro atoms. The topological polar surface area (TPSA) is 15.3 Å². The molecule has 0 bridgehead atoms. The van der Waals surface area contributed by atoms with Gasteiger partial charge in [0.15, 0.2) is 0 Å². The third kappa shape index (κ3) is 2.53. The minimum atomic E-state index is -2.38. The molecule has 2 nitrogen and oxygen atoms in total. The summed E-state index contributed by atoms with van der Waals surface area (Å²) in [6, 6.07) is 12.6. The summed E-state index contributed by atoms with van der Waals surface area (Å²) in [4.78, 5) is 1.89. The number of rotatable bonds is 3. The van der Waals surface area contributed by atoms with E-state index in [0.29, 0.717) is 13.1 Å². The van der Waals surface area contributed by atoms with Crippen molar-refractivity contribution in [3.8, 4) is 0 Å². The van der Waals surface area contributed by atoms with Crippen molar-refractivity contribution in [2.75, 3.05) is 26.2 Å². The van der Waals surface area contributed by atoms with Crippen LogP contribution in [-0.2, 0) is 0 Å². The van der Waals surface area contributed by atoms with E-state index in [0.717, 1.165) is 29.4 Å². The van der Waals surface area contributed by atoms with E-state index >= 15 is 0 Å². The van der Waals surface area contributed by atoms with E-state index in [1.807, 2.05) is 47.4 Å². The lowest BCUT2D eigenvalue weighted by Crippen LogP contribution is -2.46. The van der Waals surface area contributed by atoms with E-state index in [2.05, 4.69) is 5.32 Å². The highest BCUT2D eigenvalue weighted by Gasteiger charge is 2.31. The van der Waals surface area contributed by atoms with Crippen LogP contribution in [0.2, 0.25) is 0 Å². The maximum absolute atomic E-state index is 13.6. The first kappa shape index (κ1) is 13.5. The minimum absolute atomic E-state index is 0.665. The molecule has 1 aliphatic heterocycles. The fourth-order valence-electron chi connectivity index (χ4n) is 2.96. The van der Waals surface area contributed by atoms with Gasteiger partial charge >= 0.3 is 0 Å². The SMILES string of the molecule is FC(F)[C@H](c1cccc2ccccc12)N1CCNCC1. The highest BCUT2D eigenvalue weighted by molar-refractivity contribution is 5.86. The van der Waals surface area contributed by atoms with Crippen LogP contribution in [0.25, 0.3) is 10.8 Å². The van der Waals surface area contributed by atoms with Crippen molar-refractivity contribution < 1.29 is 8.78 Å². The highest BCUT2D eigenvalue weighted by atomic mass is 19.3. The van der Waals surface area contributed by atoms with Gasteiger partial charge in [-0.3, -0.25) is 4.90 Å². The van der Waals surface area contributed by atoms with Gasteiger partial charge in [0.25, 0.3) is 6.43 Å². The average molecular weight is 276 g/mol. The molecule has 0 aliphatic carbocycles. The molecule has 106 valence electrons. The lowest BCUT2D eigenvalue weighted by molar-refractivity contribution is 0.0189. The number of nitrogens with one attached hydrogen (secondary N) is 1. The van der Waals surface area contributed by atoms with E-state index in [1.54, 1.807) is 0 Å². The molecule has 2 aromatic rings. The highest BCUT2D eigenvalue weighted by Crippen LogP contribution is 2.32. The molecule has 1 saturated heterocycles. The first-order chi connectivity index (χ1) is 9.77. The van der Waals surface area contributed by atoms with Crippen LogP contribution in [0.3, 0.4) is 0 Å². The maximum atomic E-state index is 13.6. The van der Waals surface area contributed by atoms with Gasteiger partial charge in [-0.05, 0) is 16.3 Å². The maximum Gasteiger partial charge on any atom is 0.258 e. The van der Waals surface area contributed by atoms with Crippen molar-refractivity contribution in [3.05, 3.63) is 48.0 Å². The Kier molecular flexibility index (Phi) is 3.94. The number of benzene rings is 2. The molecule has 1 atom stereocenters. The predicted molar refractivity (Wildman–Crippen MR) is 77.1 cm³/mol. The van der Waals surface area contributed by atoms with E-state index < -0.39 is 12.5 Å². The van der Waals surface area contributed by atoms with Crippen LogP contribution < -0.4 is 5.32 Å². The van der Waals surface area contributed by atoms with Gasteiger partial charge in [-0.2, -0.15) is 0 Å². The molecule has 1 N–H and O–H groups in total. The average Bonchev–Trinajstić information content (AvgIpc) is 2.48. The number of hydrogen-bond acceptors (Lipinski definition) is 2. The Hall–Kier alpha value is -1.52. The Morgan fingerprint density at radius 3 is 2.40 bits per heavy atom. The van der Waals surface area contributed by atoms with Crippen molar-refractivity contribution >= 4 is 10.8 Å². The second-order valence-corrected chi connectivity index (χ2v) is 5.13. The number of piperazine rings is 1. The third-order valence-electron chi connectivity index (χ3n) is 3.93. The van der Waals surface area contributed by atoms with Crippen molar-refractivity contribution in [2.45, 2.75) is 12.5 Å². The zero-order valence-electron chi connectivity index (χ0n) is 11.2. The molecule has 0 radical (unpaired) electrons. The fraction of sp³-hybridized carbons (Fsp3) is 0.375. The molecule has 0 saturated carbocycles. The quantitative estimate of drug-likeness (QED) is 0.927. The summed E-state index contributed by atoms with van der Waals surface area (Å²) in [5.74, 6) is 0. The number of alkyl halides is 2. The van der Waals surface area contributed by atoms with Gasteiger partial charge in [0, 0.05) is 26.2 Å². The summed E-state index contributed by atoms with van der Waals surface area (Å²) in [7, 11) is 0. The van der Waals surface area contributed by atoms with Crippen LogP contribution in [-0.4, -0.2) is 37.5 Å². The van der Waals surface area contributed by atoms with Gasteiger partial charge in [-0.25, -0.2) is 8.78 Å². The first-order valence-corrected chi connectivity index (χ1v) is 6.98. The molecule has 1 aliphatic rings. The summed E-state index contributed by atoms with van der Waals surface area (Å²) < 4.78 is 27.3. The molecule has 4 heteroatoms. The van der Waals surface area contributed by atoms with Crippen LogP contribution in [0.5, 0.6) is 0 Å². The zero-order chi connectivity index (χ0) is 13.9. The molecule has 1 heterocycles. The smallest absolute Gasteiger partial charge is 0.258 e. The Balaban J connectivity index is 2.05. The fourth-order valence-corrected chi connectivity index (χ4v) is 2.96. The molecule has 2 aromatic carbocycles. The van der Waals surface area contributed by atoms with E-state index in [9.17, 15) is 8.78 Å². The van der Waals surface area contributed by atoms with E-state index in [4.69, 9.17) is 0 Å². The summed E-state index contributed by atoms with van der Waals surface area (Å²) in [6.07, 6.45) is -2.38.